The number of carbonyl (C=O) groups is 1. The minimum atomic E-state index is -0.377. The number of nitrogens with two attached hydrogens (primary N) is 1. The first-order chi connectivity index (χ1) is 8.20. The molecule has 0 unspecified atom stereocenters. The number of fused-ring (bicyclic) bond motifs is 3. The van der Waals surface area contributed by atoms with Crippen LogP contribution in [0.15, 0.2) is 42.6 Å². The Morgan fingerprint density at radius 1 is 1.12 bits per heavy atom. The van der Waals surface area contributed by atoms with Crippen molar-refractivity contribution in [2.24, 2.45) is 5.73 Å². The summed E-state index contributed by atoms with van der Waals surface area (Å²) in [5.74, 6) is -0.377. The van der Waals surface area contributed by atoms with Crippen molar-refractivity contribution in [2.45, 2.75) is 6.92 Å². The number of hydrogen-bond acceptors (Lipinski definition) is 1. The van der Waals surface area contributed by atoms with Gasteiger partial charge < -0.3 is 10.1 Å². The Kier molecular flexibility index (Phi) is 1.95. The zero-order chi connectivity index (χ0) is 12.0. The molecule has 0 saturated heterocycles. The van der Waals surface area contributed by atoms with Crippen molar-refractivity contribution in [3.8, 4) is 0 Å². The number of pyridine rings is 1. The lowest BCUT2D eigenvalue weighted by molar-refractivity contribution is 0.100. The highest BCUT2D eigenvalue weighted by molar-refractivity contribution is 6.14. The Hall–Kier alpha value is -2.29. The largest absolute Gasteiger partial charge is 0.366 e. The molecule has 0 aliphatic rings. The van der Waals surface area contributed by atoms with Gasteiger partial charge in [0, 0.05) is 11.6 Å². The zero-order valence-electron chi connectivity index (χ0n) is 9.47. The second-order valence-electron chi connectivity index (χ2n) is 4.16. The molecule has 2 N–H and O–H groups in total. The molecule has 3 nitrogen and oxygen atoms in total. The van der Waals surface area contributed by atoms with Gasteiger partial charge in [0.25, 0.3) is 5.91 Å². The van der Waals surface area contributed by atoms with Gasteiger partial charge in [-0.2, -0.15) is 0 Å². The number of rotatable bonds is 1. The Bertz CT molecular complexity index is 740. The molecule has 1 amide bonds. The van der Waals surface area contributed by atoms with Gasteiger partial charge in [0.15, 0.2) is 0 Å². The number of nitrogens with zero attached hydrogens (tertiary/aromatic N) is 1. The highest BCUT2D eigenvalue weighted by Gasteiger charge is 2.16. The summed E-state index contributed by atoms with van der Waals surface area (Å²) in [6, 6.07) is 11.8. The first-order valence-electron chi connectivity index (χ1n) is 5.48. The fourth-order valence-electron chi connectivity index (χ4n) is 2.41. The molecule has 0 fully saturated rings. The van der Waals surface area contributed by atoms with Crippen molar-refractivity contribution in [1.82, 2.24) is 4.40 Å². The molecular weight excluding hydrogens is 212 g/mol. The lowest BCUT2D eigenvalue weighted by Gasteiger charge is -1.97. The minimum absolute atomic E-state index is 0.377. The average Bonchev–Trinajstić information content (AvgIpc) is 2.65. The van der Waals surface area contributed by atoms with E-state index in [2.05, 4.69) is 0 Å². The van der Waals surface area contributed by atoms with E-state index >= 15 is 0 Å². The fraction of sp³-hybridized carbons (Fsp3) is 0.0714. The van der Waals surface area contributed by atoms with E-state index in [4.69, 9.17) is 5.73 Å². The van der Waals surface area contributed by atoms with E-state index in [0.717, 1.165) is 22.0 Å². The van der Waals surface area contributed by atoms with E-state index in [9.17, 15) is 4.79 Å². The Morgan fingerprint density at radius 3 is 2.65 bits per heavy atom. The molecular formula is C14H12N2O. The average molecular weight is 224 g/mol. The van der Waals surface area contributed by atoms with Crippen LogP contribution in [0.5, 0.6) is 0 Å². The molecule has 0 spiro atoms. The molecule has 1 aromatic carbocycles. The molecule has 0 bridgehead atoms. The predicted octanol–water partition coefficient (Wildman–Crippen LogP) is 2.50. The normalized spacial score (nSPS) is 11.1. The molecule has 3 rings (SSSR count). The van der Waals surface area contributed by atoms with Crippen LogP contribution in [-0.2, 0) is 0 Å². The van der Waals surface area contributed by atoms with E-state index in [1.807, 2.05) is 53.9 Å². The van der Waals surface area contributed by atoms with Gasteiger partial charge in [0.2, 0.25) is 0 Å². The maximum absolute atomic E-state index is 11.7. The van der Waals surface area contributed by atoms with Crippen LogP contribution in [0.25, 0.3) is 16.4 Å². The number of primary amides is 1. The molecule has 0 aliphatic carbocycles. The van der Waals surface area contributed by atoms with Crippen LogP contribution in [0.3, 0.4) is 0 Å². The van der Waals surface area contributed by atoms with Crippen molar-refractivity contribution in [1.29, 1.82) is 0 Å². The van der Waals surface area contributed by atoms with Gasteiger partial charge >= 0.3 is 0 Å². The third-order valence-corrected chi connectivity index (χ3v) is 3.12. The smallest absolute Gasteiger partial charge is 0.251 e. The van der Waals surface area contributed by atoms with Crippen LogP contribution in [0.2, 0.25) is 0 Å². The van der Waals surface area contributed by atoms with Crippen molar-refractivity contribution >= 4 is 22.3 Å². The van der Waals surface area contributed by atoms with Gasteiger partial charge in [-0.3, -0.25) is 4.79 Å². The molecule has 3 aromatic rings. The van der Waals surface area contributed by atoms with Crippen LogP contribution in [0.1, 0.15) is 15.9 Å². The number of aromatic nitrogens is 1. The lowest BCUT2D eigenvalue weighted by Crippen LogP contribution is -2.11. The zero-order valence-corrected chi connectivity index (χ0v) is 9.47. The van der Waals surface area contributed by atoms with E-state index in [1.165, 1.54) is 0 Å². The second kappa shape index (κ2) is 3.35. The number of hydrogen-bond donors (Lipinski definition) is 1. The summed E-state index contributed by atoms with van der Waals surface area (Å²) in [5.41, 5.74) is 9.07. The highest BCUT2D eigenvalue weighted by atomic mass is 16.1. The number of carbonyl (C=O) groups excluding carboxylic acids is 1. The van der Waals surface area contributed by atoms with E-state index in [1.54, 1.807) is 0 Å². The quantitative estimate of drug-likeness (QED) is 0.678. The van der Waals surface area contributed by atoms with Gasteiger partial charge in [-0.25, -0.2) is 0 Å². The van der Waals surface area contributed by atoms with Crippen LogP contribution < -0.4 is 5.73 Å². The van der Waals surface area contributed by atoms with Crippen LogP contribution >= 0.6 is 0 Å². The summed E-state index contributed by atoms with van der Waals surface area (Å²) < 4.78 is 2.00. The summed E-state index contributed by atoms with van der Waals surface area (Å²) in [6.45, 7) is 1.99. The summed E-state index contributed by atoms with van der Waals surface area (Å²) >= 11 is 0. The van der Waals surface area contributed by atoms with Crippen LogP contribution in [0, 0.1) is 6.92 Å². The summed E-state index contributed by atoms with van der Waals surface area (Å²) in [6.07, 6.45) is 1.95. The monoisotopic (exact) mass is 224 g/mol. The van der Waals surface area contributed by atoms with Gasteiger partial charge in [-0.1, -0.05) is 18.2 Å². The molecule has 17 heavy (non-hydrogen) atoms. The third kappa shape index (κ3) is 1.25. The number of benzene rings is 1. The first-order valence-corrected chi connectivity index (χ1v) is 5.48. The summed E-state index contributed by atoms with van der Waals surface area (Å²) in [7, 11) is 0. The highest BCUT2D eigenvalue weighted by Crippen LogP contribution is 2.28. The fourth-order valence-corrected chi connectivity index (χ4v) is 2.41. The maximum Gasteiger partial charge on any atom is 0.251 e. The summed E-state index contributed by atoms with van der Waals surface area (Å²) in [5, 5.41) is 0.950. The molecule has 0 atom stereocenters. The third-order valence-electron chi connectivity index (χ3n) is 3.12. The lowest BCUT2D eigenvalue weighted by atomic mass is 10.1. The molecule has 0 aliphatic heterocycles. The molecule has 3 heteroatoms. The topological polar surface area (TPSA) is 47.5 Å². The van der Waals surface area contributed by atoms with Gasteiger partial charge in [-0.15, -0.1) is 0 Å². The van der Waals surface area contributed by atoms with Crippen molar-refractivity contribution in [3.63, 3.8) is 0 Å². The Morgan fingerprint density at radius 2 is 1.88 bits per heavy atom. The maximum atomic E-state index is 11.7. The van der Waals surface area contributed by atoms with Gasteiger partial charge in [-0.05, 0) is 30.7 Å². The van der Waals surface area contributed by atoms with Gasteiger partial charge in [0.1, 0.15) is 0 Å². The van der Waals surface area contributed by atoms with Crippen LogP contribution in [0.4, 0.5) is 0 Å². The number of amides is 1. The van der Waals surface area contributed by atoms with Crippen molar-refractivity contribution in [2.75, 3.05) is 0 Å². The van der Waals surface area contributed by atoms with Crippen molar-refractivity contribution < 1.29 is 4.79 Å². The van der Waals surface area contributed by atoms with Crippen molar-refractivity contribution in [3.05, 3.63) is 53.7 Å². The Labute approximate surface area is 98.5 Å². The molecule has 0 saturated carbocycles. The molecule has 2 heterocycles. The van der Waals surface area contributed by atoms with Crippen LogP contribution in [-0.4, -0.2) is 10.3 Å². The molecule has 0 radical (unpaired) electrons. The van der Waals surface area contributed by atoms with E-state index in [0.29, 0.717) is 5.56 Å². The molecule has 2 aromatic heterocycles. The first kappa shape index (κ1) is 9.90. The second-order valence-corrected chi connectivity index (χ2v) is 4.16. The SMILES string of the molecule is Cc1cccc2c1c(C(N)=O)c1ccccn12. The van der Waals surface area contributed by atoms with E-state index in [-0.39, 0.29) is 5.91 Å². The minimum Gasteiger partial charge on any atom is -0.366 e. The predicted molar refractivity (Wildman–Crippen MR) is 68.2 cm³/mol. The molecule has 84 valence electrons. The standard InChI is InChI=1S/C14H12N2O/c1-9-5-4-7-10-12(9)13(14(15)17)11-6-2-3-8-16(10)11/h2-8H,1H3,(H2,15,17). The number of aryl methyl sites for hydroxylation is 1. The van der Waals surface area contributed by atoms with Gasteiger partial charge in [0.05, 0.1) is 16.6 Å². The van der Waals surface area contributed by atoms with E-state index < -0.39 is 0 Å². The summed E-state index contributed by atoms with van der Waals surface area (Å²) in [4.78, 5) is 11.7. The Balaban J connectivity index is 2.68.